The number of nitrogens with one attached hydrogen (secondary N) is 1. The average molecular weight is 443 g/mol. The number of β-amino-alcohol motifs (C(OH)–C–C–N with tert-alkyl or cyclic N) is 1. The lowest BCUT2D eigenvalue weighted by molar-refractivity contribution is -0.137. The molecule has 0 saturated carbocycles. The number of urea groups is 1. The van der Waals surface area contributed by atoms with Crippen LogP contribution in [0.3, 0.4) is 0 Å². The van der Waals surface area contributed by atoms with Crippen LogP contribution in [-0.2, 0) is 16.5 Å². The minimum Gasteiger partial charge on any atom is -0.491 e. The molecule has 6 nitrogen and oxygen atoms in total. The molecule has 3 amide bonds. The molecular formula is C20H18ClF3N2O4. The Hall–Kier alpha value is -2.78. The van der Waals surface area contributed by atoms with Crippen molar-refractivity contribution in [1.29, 1.82) is 0 Å². The van der Waals surface area contributed by atoms with Gasteiger partial charge in [0.15, 0.2) is 0 Å². The topological polar surface area (TPSA) is 78.9 Å². The number of nitrogens with zero attached hydrogens (tertiary/aromatic N) is 1. The van der Waals surface area contributed by atoms with E-state index in [2.05, 4.69) is 5.32 Å². The number of carbonyl (C=O) groups is 2. The second-order valence-corrected chi connectivity index (χ2v) is 7.40. The third-order valence-electron chi connectivity index (χ3n) is 4.71. The molecule has 1 aliphatic rings. The predicted octanol–water partition coefficient (Wildman–Crippen LogP) is 3.57. The van der Waals surface area contributed by atoms with Gasteiger partial charge in [0.1, 0.15) is 24.0 Å². The van der Waals surface area contributed by atoms with E-state index in [1.807, 2.05) is 0 Å². The van der Waals surface area contributed by atoms with Crippen LogP contribution in [-0.4, -0.2) is 41.2 Å². The first kappa shape index (κ1) is 21.9. The highest BCUT2D eigenvalue weighted by Gasteiger charge is 2.49. The molecule has 3 rings (SSSR count). The molecule has 0 aromatic heterocycles. The van der Waals surface area contributed by atoms with Crippen LogP contribution in [0.5, 0.6) is 5.75 Å². The highest BCUT2D eigenvalue weighted by atomic mass is 35.5. The summed E-state index contributed by atoms with van der Waals surface area (Å²) in [4.78, 5) is 25.9. The van der Waals surface area contributed by atoms with Crippen LogP contribution >= 0.6 is 11.6 Å². The van der Waals surface area contributed by atoms with Gasteiger partial charge in [-0.05, 0) is 48.9 Å². The van der Waals surface area contributed by atoms with Crippen LogP contribution in [0.15, 0.2) is 48.5 Å². The lowest BCUT2D eigenvalue weighted by Gasteiger charge is -2.23. The third kappa shape index (κ3) is 4.52. The van der Waals surface area contributed by atoms with Crippen LogP contribution in [0, 0.1) is 0 Å². The Bertz CT molecular complexity index is 935. The van der Waals surface area contributed by atoms with Crippen molar-refractivity contribution in [1.82, 2.24) is 10.2 Å². The second kappa shape index (κ2) is 8.16. The Kier molecular flexibility index (Phi) is 5.96. The summed E-state index contributed by atoms with van der Waals surface area (Å²) in [7, 11) is 0. The molecule has 2 unspecified atom stereocenters. The first-order valence-corrected chi connectivity index (χ1v) is 9.27. The van der Waals surface area contributed by atoms with Gasteiger partial charge in [-0.15, -0.1) is 0 Å². The van der Waals surface area contributed by atoms with E-state index in [-0.39, 0.29) is 18.7 Å². The number of carbonyl (C=O) groups excluding carboxylic acids is 2. The molecule has 2 N–H and O–H groups in total. The van der Waals surface area contributed by atoms with E-state index in [0.29, 0.717) is 10.8 Å². The number of benzene rings is 2. The Morgan fingerprint density at radius 2 is 1.73 bits per heavy atom. The highest BCUT2D eigenvalue weighted by Crippen LogP contribution is 2.33. The van der Waals surface area contributed by atoms with Gasteiger partial charge in [-0.1, -0.05) is 23.7 Å². The minimum absolute atomic E-state index is 0.185. The highest BCUT2D eigenvalue weighted by molar-refractivity contribution is 6.30. The third-order valence-corrected chi connectivity index (χ3v) is 4.97. The number of ether oxygens (including phenoxy) is 1. The molecule has 160 valence electrons. The summed E-state index contributed by atoms with van der Waals surface area (Å²) in [5, 5.41) is 13.2. The standard InChI is InChI=1S/C20H18ClF3N2O4/c1-19(12-2-4-13(5-3-12)20(22,23)24)17(28)26(18(29)25-19)10-15(27)11-30-16-8-6-14(21)7-9-16/h2-9,15,27H,10-11H2,1H3,(H,25,29). The van der Waals surface area contributed by atoms with Gasteiger partial charge in [0.25, 0.3) is 5.91 Å². The fourth-order valence-electron chi connectivity index (χ4n) is 3.04. The van der Waals surface area contributed by atoms with Gasteiger partial charge in [-0.25, -0.2) is 4.79 Å². The second-order valence-electron chi connectivity index (χ2n) is 6.96. The summed E-state index contributed by atoms with van der Waals surface area (Å²) >= 11 is 5.78. The van der Waals surface area contributed by atoms with Crippen LogP contribution in [0.25, 0.3) is 0 Å². The Labute approximate surface area is 175 Å². The zero-order valence-corrected chi connectivity index (χ0v) is 16.5. The van der Waals surface area contributed by atoms with Crippen LogP contribution in [0.4, 0.5) is 18.0 Å². The normalized spacial score (nSPS) is 20.3. The molecule has 2 aromatic carbocycles. The number of aliphatic hydroxyl groups is 1. The van der Waals surface area contributed by atoms with Crippen molar-refractivity contribution in [2.75, 3.05) is 13.2 Å². The Morgan fingerprint density at radius 3 is 2.30 bits per heavy atom. The summed E-state index contributed by atoms with van der Waals surface area (Å²) in [6, 6.07) is 9.64. The van der Waals surface area contributed by atoms with Crippen molar-refractivity contribution >= 4 is 23.5 Å². The van der Waals surface area contributed by atoms with Crippen LogP contribution in [0.1, 0.15) is 18.1 Å². The molecule has 0 bridgehead atoms. The van der Waals surface area contributed by atoms with Gasteiger partial charge in [-0.2, -0.15) is 13.2 Å². The minimum atomic E-state index is -4.51. The van der Waals surface area contributed by atoms with E-state index >= 15 is 0 Å². The Balaban J connectivity index is 1.66. The zero-order chi connectivity index (χ0) is 22.1. The number of rotatable bonds is 6. The fourth-order valence-corrected chi connectivity index (χ4v) is 3.16. The molecule has 30 heavy (non-hydrogen) atoms. The predicted molar refractivity (Wildman–Crippen MR) is 102 cm³/mol. The van der Waals surface area contributed by atoms with E-state index in [4.69, 9.17) is 16.3 Å². The summed E-state index contributed by atoms with van der Waals surface area (Å²) < 4.78 is 43.7. The van der Waals surface area contributed by atoms with Gasteiger partial charge >= 0.3 is 12.2 Å². The number of halogens is 4. The molecule has 1 fully saturated rings. The molecule has 1 aliphatic heterocycles. The van der Waals surface area contributed by atoms with Crippen molar-refractivity contribution in [3.8, 4) is 5.75 Å². The number of imide groups is 1. The number of aliphatic hydroxyl groups excluding tert-OH is 1. The van der Waals surface area contributed by atoms with Gasteiger partial charge in [0.05, 0.1) is 12.1 Å². The summed E-state index contributed by atoms with van der Waals surface area (Å²) in [5.41, 5.74) is -2.21. The fraction of sp³-hybridized carbons (Fsp3) is 0.300. The maximum absolute atomic E-state index is 12.8. The van der Waals surface area contributed by atoms with E-state index in [0.717, 1.165) is 29.2 Å². The van der Waals surface area contributed by atoms with E-state index in [1.54, 1.807) is 24.3 Å². The number of alkyl halides is 3. The first-order chi connectivity index (χ1) is 14.0. The van der Waals surface area contributed by atoms with Crippen LogP contribution < -0.4 is 10.1 Å². The smallest absolute Gasteiger partial charge is 0.416 e. The molecule has 0 aliphatic carbocycles. The first-order valence-electron chi connectivity index (χ1n) is 8.89. The molecule has 1 heterocycles. The van der Waals surface area contributed by atoms with E-state index in [9.17, 15) is 27.9 Å². The van der Waals surface area contributed by atoms with Gasteiger partial charge in [0, 0.05) is 5.02 Å². The maximum atomic E-state index is 12.8. The molecule has 0 spiro atoms. The maximum Gasteiger partial charge on any atom is 0.416 e. The van der Waals surface area contributed by atoms with Crippen molar-refractivity contribution < 1.29 is 32.6 Å². The molecule has 2 aromatic rings. The zero-order valence-electron chi connectivity index (χ0n) is 15.7. The van der Waals surface area contributed by atoms with Gasteiger partial charge in [0.2, 0.25) is 0 Å². The monoisotopic (exact) mass is 442 g/mol. The summed E-state index contributed by atoms with van der Waals surface area (Å²) in [6.07, 6.45) is -5.69. The van der Waals surface area contributed by atoms with Gasteiger partial charge < -0.3 is 15.2 Å². The average Bonchev–Trinajstić information content (AvgIpc) is 2.91. The molecular weight excluding hydrogens is 425 g/mol. The lowest BCUT2D eigenvalue weighted by Crippen LogP contribution is -2.42. The van der Waals surface area contributed by atoms with Crippen molar-refractivity contribution in [3.63, 3.8) is 0 Å². The summed E-state index contributed by atoms with van der Waals surface area (Å²) in [6.45, 7) is 0.872. The summed E-state index contributed by atoms with van der Waals surface area (Å²) in [5.74, 6) is -0.233. The molecule has 10 heteroatoms. The number of hydrogen-bond donors (Lipinski definition) is 2. The van der Waals surface area contributed by atoms with E-state index < -0.39 is 35.3 Å². The number of amides is 3. The molecule has 1 saturated heterocycles. The molecule has 2 atom stereocenters. The quantitative estimate of drug-likeness (QED) is 0.670. The SMILES string of the molecule is CC1(c2ccc(C(F)(F)F)cc2)NC(=O)N(CC(O)COc2ccc(Cl)cc2)C1=O. The number of hydrogen-bond acceptors (Lipinski definition) is 4. The van der Waals surface area contributed by atoms with Crippen molar-refractivity contribution in [2.24, 2.45) is 0 Å². The van der Waals surface area contributed by atoms with Crippen molar-refractivity contribution in [2.45, 2.75) is 24.7 Å². The van der Waals surface area contributed by atoms with Crippen LogP contribution in [0.2, 0.25) is 5.02 Å². The Morgan fingerprint density at radius 1 is 1.13 bits per heavy atom. The largest absolute Gasteiger partial charge is 0.491 e. The van der Waals surface area contributed by atoms with E-state index in [1.165, 1.54) is 6.92 Å². The lowest BCUT2D eigenvalue weighted by atomic mass is 9.91. The molecule has 0 radical (unpaired) electrons. The van der Waals surface area contributed by atoms with Gasteiger partial charge in [-0.3, -0.25) is 9.69 Å². The van der Waals surface area contributed by atoms with Crippen molar-refractivity contribution in [3.05, 3.63) is 64.7 Å².